The topological polar surface area (TPSA) is 79.5 Å². The van der Waals surface area contributed by atoms with Crippen molar-refractivity contribution in [1.29, 1.82) is 0 Å². The molecule has 0 fully saturated rings. The van der Waals surface area contributed by atoms with Gasteiger partial charge in [0.1, 0.15) is 17.5 Å². The monoisotopic (exact) mass is 405 g/mol. The van der Waals surface area contributed by atoms with E-state index in [0.29, 0.717) is 12.3 Å². The van der Waals surface area contributed by atoms with E-state index in [1.54, 1.807) is 26.0 Å². The molecule has 6 nitrogen and oxygen atoms in total. The van der Waals surface area contributed by atoms with Gasteiger partial charge in [-0.2, -0.15) is 0 Å². The van der Waals surface area contributed by atoms with Crippen LogP contribution < -0.4 is 20.7 Å². The molecule has 0 spiro atoms. The second-order valence-corrected chi connectivity index (χ2v) is 6.21. The Hall–Kier alpha value is -2.54. The van der Waals surface area contributed by atoms with Gasteiger partial charge in [0.2, 0.25) is 5.91 Å². The van der Waals surface area contributed by atoms with Crippen molar-refractivity contribution in [2.24, 2.45) is 0 Å². The molecule has 0 aliphatic carbocycles. The lowest BCUT2D eigenvalue weighted by molar-refractivity contribution is -0.120. The third-order valence-corrected chi connectivity index (χ3v) is 3.78. The fraction of sp³-hybridized carbons (Fsp3) is 0.222. The largest absolute Gasteiger partial charge is 0.457 e. The summed E-state index contributed by atoms with van der Waals surface area (Å²) in [6.07, 6.45) is 0. The highest BCUT2D eigenvalue weighted by Gasteiger charge is 2.15. The molecule has 7 heteroatoms. The van der Waals surface area contributed by atoms with Crippen LogP contribution in [-0.2, 0) is 4.79 Å². The highest BCUT2D eigenvalue weighted by atomic mass is 79.9. The summed E-state index contributed by atoms with van der Waals surface area (Å²) in [5.74, 6) is 1.02. The molecule has 3 amide bonds. The fourth-order valence-electron chi connectivity index (χ4n) is 2.00. The number of anilines is 1. The molecule has 2 aromatic carbocycles. The standard InChI is InChI=1S/C18H20BrN3O3/c1-3-20-18(24)22-17(23)12(2)21-14-6-10-16(11-7-14)25-15-8-4-13(19)5-9-15/h4-12,21H,3H2,1-2H3,(H2,20,22,23,24)/t12-/m0/s1. The summed E-state index contributed by atoms with van der Waals surface area (Å²) in [6, 6.07) is 13.7. The van der Waals surface area contributed by atoms with Gasteiger partial charge in [0.05, 0.1) is 0 Å². The minimum Gasteiger partial charge on any atom is -0.457 e. The maximum absolute atomic E-state index is 11.9. The number of ether oxygens (including phenoxy) is 1. The summed E-state index contributed by atoms with van der Waals surface area (Å²) in [6.45, 7) is 3.92. The van der Waals surface area contributed by atoms with E-state index in [0.717, 1.165) is 15.9 Å². The first-order chi connectivity index (χ1) is 12.0. The van der Waals surface area contributed by atoms with Crippen molar-refractivity contribution in [2.45, 2.75) is 19.9 Å². The lowest BCUT2D eigenvalue weighted by Gasteiger charge is -2.15. The van der Waals surface area contributed by atoms with Crippen molar-refractivity contribution in [2.75, 3.05) is 11.9 Å². The number of urea groups is 1. The smallest absolute Gasteiger partial charge is 0.321 e. The van der Waals surface area contributed by atoms with Crippen LogP contribution in [0.4, 0.5) is 10.5 Å². The number of nitrogens with one attached hydrogen (secondary N) is 3. The summed E-state index contributed by atoms with van der Waals surface area (Å²) in [7, 11) is 0. The molecule has 0 unspecified atom stereocenters. The van der Waals surface area contributed by atoms with Crippen LogP contribution in [0.15, 0.2) is 53.0 Å². The number of hydrogen-bond donors (Lipinski definition) is 3. The van der Waals surface area contributed by atoms with Gasteiger partial charge >= 0.3 is 6.03 Å². The highest BCUT2D eigenvalue weighted by Crippen LogP contribution is 2.24. The predicted octanol–water partition coefficient (Wildman–Crippen LogP) is 3.89. The number of carbonyl (C=O) groups is 2. The molecular formula is C18H20BrN3O3. The van der Waals surface area contributed by atoms with E-state index in [1.807, 2.05) is 36.4 Å². The van der Waals surface area contributed by atoms with Crippen LogP contribution in [-0.4, -0.2) is 24.5 Å². The SMILES string of the molecule is CCNC(=O)NC(=O)[C@H](C)Nc1ccc(Oc2ccc(Br)cc2)cc1. The summed E-state index contributed by atoms with van der Waals surface area (Å²) < 4.78 is 6.72. The van der Waals surface area contributed by atoms with Crippen molar-refractivity contribution in [3.05, 3.63) is 53.0 Å². The van der Waals surface area contributed by atoms with Crippen LogP contribution in [0.2, 0.25) is 0 Å². The summed E-state index contributed by atoms with van der Waals surface area (Å²) >= 11 is 3.38. The van der Waals surface area contributed by atoms with Crippen LogP contribution in [0.5, 0.6) is 11.5 Å². The summed E-state index contributed by atoms with van der Waals surface area (Å²) in [5.41, 5.74) is 0.752. The Bertz CT molecular complexity index is 717. The van der Waals surface area contributed by atoms with Gasteiger partial charge < -0.3 is 15.4 Å². The molecule has 25 heavy (non-hydrogen) atoms. The third kappa shape index (κ3) is 6.11. The fourth-order valence-corrected chi connectivity index (χ4v) is 2.26. The number of benzene rings is 2. The van der Waals surface area contributed by atoms with Crippen LogP contribution in [0.25, 0.3) is 0 Å². The maximum atomic E-state index is 11.9. The van der Waals surface area contributed by atoms with Crippen LogP contribution in [0.1, 0.15) is 13.8 Å². The molecule has 0 aliphatic rings. The Labute approximate surface area is 155 Å². The van der Waals surface area contributed by atoms with Crippen molar-refractivity contribution in [1.82, 2.24) is 10.6 Å². The second-order valence-electron chi connectivity index (χ2n) is 5.30. The molecule has 0 saturated carbocycles. The van der Waals surface area contributed by atoms with Gasteiger partial charge in [0.15, 0.2) is 0 Å². The number of carbonyl (C=O) groups excluding carboxylic acids is 2. The Morgan fingerprint density at radius 2 is 1.60 bits per heavy atom. The predicted molar refractivity (Wildman–Crippen MR) is 101 cm³/mol. The molecule has 2 aromatic rings. The molecule has 2 rings (SSSR count). The molecule has 0 radical (unpaired) electrons. The molecule has 3 N–H and O–H groups in total. The molecule has 0 aliphatic heterocycles. The van der Waals surface area contributed by atoms with E-state index >= 15 is 0 Å². The van der Waals surface area contributed by atoms with Gasteiger partial charge in [-0.3, -0.25) is 10.1 Å². The van der Waals surface area contributed by atoms with Crippen LogP contribution >= 0.6 is 15.9 Å². The highest BCUT2D eigenvalue weighted by molar-refractivity contribution is 9.10. The first-order valence-electron chi connectivity index (χ1n) is 7.86. The molecule has 0 aromatic heterocycles. The Kier molecular flexibility index (Phi) is 6.82. The Morgan fingerprint density at radius 3 is 2.16 bits per heavy atom. The van der Waals surface area contributed by atoms with Crippen LogP contribution in [0.3, 0.4) is 0 Å². The molecule has 1 atom stereocenters. The number of amides is 3. The minimum absolute atomic E-state index is 0.402. The normalized spacial score (nSPS) is 11.3. The Morgan fingerprint density at radius 1 is 1.04 bits per heavy atom. The van der Waals surface area contributed by atoms with Crippen molar-refractivity contribution >= 4 is 33.6 Å². The van der Waals surface area contributed by atoms with Gasteiger partial charge in [-0.25, -0.2) is 4.79 Å². The van der Waals surface area contributed by atoms with E-state index in [9.17, 15) is 9.59 Å². The first-order valence-corrected chi connectivity index (χ1v) is 8.66. The first kappa shape index (κ1) is 18.8. The maximum Gasteiger partial charge on any atom is 0.321 e. The average molecular weight is 406 g/mol. The Balaban J connectivity index is 1.90. The number of hydrogen-bond acceptors (Lipinski definition) is 4. The number of imide groups is 1. The zero-order chi connectivity index (χ0) is 18.2. The number of halogens is 1. The third-order valence-electron chi connectivity index (χ3n) is 3.25. The van der Waals surface area contributed by atoms with E-state index in [1.165, 1.54) is 0 Å². The van der Waals surface area contributed by atoms with Gasteiger partial charge in [-0.15, -0.1) is 0 Å². The lowest BCUT2D eigenvalue weighted by atomic mass is 10.2. The van der Waals surface area contributed by atoms with Crippen molar-refractivity contribution in [3.63, 3.8) is 0 Å². The summed E-state index contributed by atoms with van der Waals surface area (Å²) in [4.78, 5) is 23.3. The molecule has 0 saturated heterocycles. The zero-order valence-corrected chi connectivity index (χ0v) is 15.6. The van der Waals surface area contributed by atoms with Gasteiger partial charge in [-0.05, 0) is 62.4 Å². The minimum atomic E-state index is -0.555. The molecular weight excluding hydrogens is 386 g/mol. The van der Waals surface area contributed by atoms with E-state index in [-0.39, 0.29) is 0 Å². The van der Waals surface area contributed by atoms with E-state index in [2.05, 4.69) is 31.9 Å². The van der Waals surface area contributed by atoms with Gasteiger partial charge in [-0.1, -0.05) is 15.9 Å². The average Bonchev–Trinajstić information content (AvgIpc) is 2.58. The van der Waals surface area contributed by atoms with E-state index in [4.69, 9.17) is 4.74 Å². The molecule has 0 heterocycles. The van der Waals surface area contributed by atoms with Gasteiger partial charge in [0, 0.05) is 16.7 Å². The molecule has 0 bridgehead atoms. The van der Waals surface area contributed by atoms with Crippen LogP contribution in [0, 0.1) is 0 Å². The zero-order valence-electron chi connectivity index (χ0n) is 14.0. The number of rotatable bonds is 6. The lowest BCUT2D eigenvalue weighted by Crippen LogP contribution is -2.45. The summed E-state index contributed by atoms with van der Waals surface area (Å²) in [5, 5.41) is 7.81. The van der Waals surface area contributed by atoms with Crippen molar-refractivity contribution in [3.8, 4) is 11.5 Å². The van der Waals surface area contributed by atoms with Gasteiger partial charge in [0.25, 0.3) is 0 Å². The second kappa shape index (κ2) is 9.08. The molecule has 132 valence electrons. The van der Waals surface area contributed by atoms with E-state index < -0.39 is 18.0 Å². The van der Waals surface area contributed by atoms with Crippen molar-refractivity contribution < 1.29 is 14.3 Å². The quantitative estimate of drug-likeness (QED) is 0.680.